The molecule has 11 heteroatoms. The zero-order valence-electron chi connectivity index (χ0n) is 17.5. The Morgan fingerprint density at radius 1 is 1.09 bits per heavy atom. The van der Waals surface area contributed by atoms with Crippen LogP contribution in [0, 0.1) is 0 Å². The number of hydrogen-bond acceptors (Lipinski definition) is 4. The Labute approximate surface area is 183 Å². The molecular formula is C21H23F3N4O3S. The summed E-state index contributed by atoms with van der Waals surface area (Å²) in [5.41, 5.74) is -1.32. The summed E-state index contributed by atoms with van der Waals surface area (Å²) in [6, 6.07) is 6.59. The first kappa shape index (κ1) is 22.5. The number of aromatic nitrogens is 3. The molecule has 1 aromatic carbocycles. The summed E-state index contributed by atoms with van der Waals surface area (Å²) in [5, 5.41) is 0. The van der Waals surface area contributed by atoms with Crippen LogP contribution in [-0.4, -0.2) is 39.9 Å². The van der Waals surface area contributed by atoms with E-state index in [0.717, 1.165) is 29.9 Å². The molecule has 0 spiro atoms. The molecule has 2 aromatic heterocycles. The molecule has 3 heterocycles. The van der Waals surface area contributed by atoms with Gasteiger partial charge < -0.3 is 9.13 Å². The maximum Gasteiger partial charge on any atom is 0.421 e. The van der Waals surface area contributed by atoms with Gasteiger partial charge in [-0.3, -0.25) is 4.79 Å². The third-order valence-corrected chi connectivity index (χ3v) is 7.60. The Morgan fingerprint density at radius 3 is 2.47 bits per heavy atom. The normalized spacial score (nSPS) is 16.0. The molecule has 0 atom stereocenters. The molecule has 0 amide bonds. The number of alkyl halides is 3. The van der Waals surface area contributed by atoms with Gasteiger partial charge >= 0.3 is 6.18 Å². The molecule has 4 rings (SSSR count). The zero-order chi connectivity index (χ0) is 23.1. The van der Waals surface area contributed by atoms with Gasteiger partial charge in [0.1, 0.15) is 11.4 Å². The van der Waals surface area contributed by atoms with Crippen LogP contribution in [0.3, 0.4) is 0 Å². The van der Waals surface area contributed by atoms with Crippen molar-refractivity contribution in [3.05, 3.63) is 58.3 Å². The third kappa shape index (κ3) is 4.06. The van der Waals surface area contributed by atoms with Gasteiger partial charge in [0.25, 0.3) is 5.56 Å². The average molecular weight is 469 g/mol. The van der Waals surface area contributed by atoms with E-state index in [1.807, 2.05) is 6.92 Å². The quantitative estimate of drug-likeness (QED) is 0.575. The number of imidazole rings is 1. The molecule has 0 saturated carbocycles. The van der Waals surface area contributed by atoms with E-state index in [1.165, 1.54) is 28.7 Å². The summed E-state index contributed by atoms with van der Waals surface area (Å²) < 4.78 is 69.5. The van der Waals surface area contributed by atoms with Crippen LogP contribution < -0.4 is 5.56 Å². The summed E-state index contributed by atoms with van der Waals surface area (Å²) >= 11 is 0. The van der Waals surface area contributed by atoms with E-state index < -0.39 is 27.3 Å². The summed E-state index contributed by atoms with van der Waals surface area (Å²) in [5.74, 6) is 0.372. The van der Waals surface area contributed by atoms with Crippen molar-refractivity contribution in [2.75, 3.05) is 13.1 Å². The van der Waals surface area contributed by atoms with Crippen molar-refractivity contribution in [3.8, 4) is 0 Å². The average Bonchev–Trinajstić information content (AvgIpc) is 3.11. The number of fused-ring (bicyclic) bond motifs is 1. The molecule has 1 saturated heterocycles. The Balaban J connectivity index is 1.74. The summed E-state index contributed by atoms with van der Waals surface area (Å²) in [6.07, 6.45) is -0.820. The van der Waals surface area contributed by atoms with Crippen LogP contribution in [0.15, 0.2) is 46.2 Å². The van der Waals surface area contributed by atoms with E-state index in [-0.39, 0.29) is 11.4 Å². The molecule has 1 aliphatic rings. The van der Waals surface area contributed by atoms with Gasteiger partial charge in [-0.1, -0.05) is 6.42 Å². The van der Waals surface area contributed by atoms with Crippen LogP contribution in [0.2, 0.25) is 0 Å². The van der Waals surface area contributed by atoms with Gasteiger partial charge in [-0.05, 0) is 50.1 Å². The second-order valence-corrected chi connectivity index (χ2v) is 9.68. The van der Waals surface area contributed by atoms with E-state index in [2.05, 4.69) is 4.98 Å². The van der Waals surface area contributed by atoms with Crippen molar-refractivity contribution in [1.29, 1.82) is 0 Å². The number of halogens is 3. The van der Waals surface area contributed by atoms with Crippen molar-refractivity contribution >= 4 is 21.1 Å². The molecule has 3 aromatic rings. The number of nitrogens with zero attached hydrogens (tertiary/aromatic N) is 4. The van der Waals surface area contributed by atoms with Crippen molar-refractivity contribution in [2.24, 2.45) is 0 Å². The Hall–Kier alpha value is -2.66. The van der Waals surface area contributed by atoms with Gasteiger partial charge in [0.2, 0.25) is 10.0 Å². The van der Waals surface area contributed by atoms with Gasteiger partial charge in [0, 0.05) is 25.8 Å². The number of piperidine rings is 1. The molecule has 0 aliphatic carbocycles. The fourth-order valence-electron chi connectivity index (χ4n) is 4.08. The second kappa shape index (κ2) is 8.36. The predicted molar refractivity (Wildman–Crippen MR) is 113 cm³/mol. The largest absolute Gasteiger partial charge is 0.421 e. The molecule has 32 heavy (non-hydrogen) atoms. The van der Waals surface area contributed by atoms with Crippen LogP contribution in [0.25, 0.3) is 11.0 Å². The minimum Gasteiger partial charge on any atom is -0.327 e. The predicted octanol–water partition coefficient (Wildman–Crippen LogP) is 3.46. The van der Waals surface area contributed by atoms with Crippen molar-refractivity contribution < 1.29 is 21.6 Å². The number of hydrogen-bond donors (Lipinski definition) is 0. The van der Waals surface area contributed by atoms with Gasteiger partial charge in [0.15, 0.2) is 0 Å². The standard InChI is InChI=1S/C21H23F3N4O3S/c1-2-28-18-9-8-15(32(30,31)27-11-4-3-5-12-27)13-17(18)25-19(28)14-26-10-6-7-16(20(26)29)21(22,23)24/h6-10,13H,2-5,11-12,14H2,1H3. The Morgan fingerprint density at radius 2 is 1.81 bits per heavy atom. The first-order valence-electron chi connectivity index (χ1n) is 10.4. The molecule has 0 bridgehead atoms. The highest BCUT2D eigenvalue weighted by molar-refractivity contribution is 7.89. The van der Waals surface area contributed by atoms with Crippen molar-refractivity contribution in [3.63, 3.8) is 0 Å². The lowest BCUT2D eigenvalue weighted by atomic mass is 10.2. The SMILES string of the molecule is CCn1c(Cn2cccc(C(F)(F)F)c2=O)nc2cc(S(=O)(=O)N3CCCCC3)ccc21. The third-order valence-electron chi connectivity index (χ3n) is 5.71. The number of rotatable bonds is 5. The summed E-state index contributed by atoms with van der Waals surface area (Å²) in [6.45, 7) is 3.09. The van der Waals surface area contributed by atoms with Crippen LogP contribution in [-0.2, 0) is 29.3 Å². The van der Waals surface area contributed by atoms with Crippen LogP contribution in [0.4, 0.5) is 13.2 Å². The molecule has 0 radical (unpaired) electrons. The maximum atomic E-state index is 13.1. The number of pyridine rings is 1. The van der Waals surface area contributed by atoms with Crippen molar-refractivity contribution in [1.82, 2.24) is 18.4 Å². The lowest BCUT2D eigenvalue weighted by Crippen LogP contribution is -2.35. The highest BCUT2D eigenvalue weighted by Crippen LogP contribution is 2.27. The second-order valence-electron chi connectivity index (χ2n) is 7.74. The van der Waals surface area contributed by atoms with Crippen LogP contribution >= 0.6 is 0 Å². The molecular weight excluding hydrogens is 445 g/mol. The zero-order valence-corrected chi connectivity index (χ0v) is 18.3. The molecule has 1 fully saturated rings. The van der Waals surface area contributed by atoms with E-state index in [4.69, 9.17) is 0 Å². The fraction of sp³-hybridized carbons (Fsp3) is 0.429. The minimum atomic E-state index is -4.75. The molecule has 172 valence electrons. The van der Waals surface area contributed by atoms with Crippen molar-refractivity contribution in [2.45, 2.75) is 50.3 Å². The number of benzene rings is 1. The topological polar surface area (TPSA) is 77.2 Å². The smallest absolute Gasteiger partial charge is 0.327 e. The molecule has 7 nitrogen and oxygen atoms in total. The first-order chi connectivity index (χ1) is 15.1. The molecule has 0 N–H and O–H groups in total. The summed E-state index contributed by atoms with van der Waals surface area (Å²) in [7, 11) is -3.65. The highest BCUT2D eigenvalue weighted by Gasteiger charge is 2.34. The first-order valence-corrected chi connectivity index (χ1v) is 11.8. The van der Waals surface area contributed by atoms with E-state index in [1.54, 1.807) is 10.6 Å². The fourth-order valence-corrected chi connectivity index (χ4v) is 5.61. The Bertz CT molecular complexity index is 1310. The number of sulfonamides is 1. The molecule has 0 unspecified atom stereocenters. The number of aryl methyl sites for hydroxylation is 1. The molecule has 1 aliphatic heterocycles. The summed E-state index contributed by atoms with van der Waals surface area (Å²) in [4.78, 5) is 16.9. The maximum absolute atomic E-state index is 13.1. The van der Waals surface area contributed by atoms with Crippen LogP contribution in [0.1, 0.15) is 37.6 Å². The lowest BCUT2D eigenvalue weighted by Gasteiger charge is -2.25. The van der Waals surface area contributed by atoms with Gasteiger partial charge in [-0.25, -0.2) is 13.4 Å². The van der Waals surface area contributed by atoms with E-state index in [0.29, 0.717) is 36.5 Å². The minimum absolute atomic E-state index is 0.135. The van der Waals surface area contributed by atoms with Crippen LogP contribution in [0.5, 0.6) is 0 Å². The monoisotopic (exact) mass is 468 g/mol. The van der Waals surface area contributed by atoms with Gasteiger partial charge in [-0.2, -0.15) is 17.5 Å². The lowest BCUT2D eigenvalue weighted by molar-refractivity contribution is -0.138. The van der Waals surface area contributed by atoms with Gasteiger partial charge in [-0.15, -0.1) is 0 Å². The van der Waals surface area contributed by atoms with E-state index >= 15 is 0 Å². The Kier molecular flexibility index (Phi) is 5.89. The highest BCUT2D eigenvalue weighted by atomic mass is 32.2. The van der Waals surface area contributed by atoms with E-state index in [9.17, 15) is 26.4 Å². The van der Waals surface area contributed by atoms with Gasteiger partial charge in [0.05, 0.1) is 22.5 Å².